The van der Waals surface area contributed by atoms with E-state index >= 15 is 0 Å². The predicted molar refractivity (Wildman–Crippen MR) is 132 cm³/mol. The van der Waals surface area contributed by atoms with Gasteiger partial charge in [-0.15, -0.1) is 0 Å². The van der Waals surface area contributed by atoms with Gasteiger partial charge in [0.2, 0.25) is 5.91 Å². The molecule has 4 fully saturated rings. The standard InChI is InChI=1S/C26H45NO7S/c1-15(4-7-23(31)27-10-11-35(32,33)34)18-5-6-19-24-20(14-22(30)26(18,19)3)25(2)9-8-17(28)12-16(25)13-21(24)29/h15-22,24,28-30H,4-14H2,1-3H3,(H,27,31)(H,32,33,34)/t15-,16?,17-,18-,19?,20-,21-,22+,24-,25+,26-/m1/s1/i10D2,11D2/hD. The zero-order chi connectivity index (χ0) is 30.2. The van der Waals surface area contributed by atoms with Gasteiger partial charge in [-0.05, 0) is 97.7 Å². The minimum atomic E-state index is -5.56. The van der Waals surface area contributed by atoms with Crippen LogP contribution in [0, 0.1) is 46.3 Å². The predicted octanol–water partition coefficient (Wildman–Crippen LogP) is 2.37. The minimum Gasteiger partial charge on any atom is -0.393 e. The average molecular weight is 521 g/mol. The van der Waals surface area contributed by atoms with E-state index in [4.69, 9.17) is 11.4 Å². The molecule has 9 heteroatoms. The Morgan fingerprint density at radius 1 is 1.14 bits per heavy atom. The molecule has 0 aromatic heterocycles. The molecule has 4 saturated carbocycles. The third-order valence-corrected chi connectivity index (χ3v) is 11.0. The molecule has 0 aromatic carbocycles. The Bertz CT molecular complexity index is 1100. The molecule has 0 radical (unpaired) electrons. The summed E-state index contributed by atoms with van der Waals surface area (Å²) in [5.74, 6) is -0.782. The second-order valence-electron chi connectivity index (χ2n) is 12.2. The van der Waals surface area contributed by atoms with Crippen LogP contribution in [0.5, 0.6) is 0 Å². The van der Waals surface area contributed by atoms with Crippen LogP contribution in [0.3, 0.4) is 0 Å². The number of fused-ring (bicyclic) bond motifs is 5. The van der Waals surface area contributed by atoms with E-state index < -0.39 is 45.9 Å². The van der Waals surface area contributed by atoms with E-state index in [2.05, 4.69) is 13.8 Å². The van der Waals surface area contributed by atoms with Crippen molar-refractivity contribution >= 4 is 16.0 Å². The monoisotopic (exact) mass is 520 g/mol. The van der Waals surface area contributed by atoms with Gasteiger partial charge in [0.25, 0.3) is 10.1 Å². The third-order valence-electron chi connectivity index (χ3n) is 10.7. The number of amides is 1. The second kappa shape index (κ2) is 9.86. The Morgan fingerprint density at radius 2 is 1.86 bits per heavy atom. The van der Waals surface area contributed by atoms with Gasteiger partial charge in [0.05, 0.1) is 26.8 Å². The molecule has 0 aliphatic heterocycles. The van der Waals surface area contributed by atoms with Crippen LogP contribution in [0.1, 0.15) is 84.0 Å². The highest BCUT2D eigenvalue weighted by Crippen LogP contribution is 2.68. The van der Waals surface area contributed by atoms with Gasteiger partial charge in [0.15, 0.2) is 1.41 Å². The maximum absolute atomic E-state index is 12.7. The van der Waals surface area contributed by atoms with Crippen molar-refractivity contribution in [3.63, 3.8) is 0 Å². The van der Waals surface area contributed by atoms with Crippen molar-refractivity contribution in [2.45, 2.75) is 96.9 Å². The summed E-state index contributed by atoms with van der Waals surface area (Å²) >= 11 is 0. The first kappa shape index (κ1) is 21.2. The topological polar surface area (TPSA) is 144 Å². The number of hydrogen-bond donors (Lipinski definition) is 5. The summed E-state index contributed by atoms with van der Waals surface area (Å²) in [6.07, 6.45) is 3.48. The fourth-order valence-corrected chi connectivity index (χ4v) is 9.04. The lowest BCUT2D eigenvalue weighted by Gasteiger charge is -2.63. The summed E-state index contributed by atoms with van der Waals surface area (Å²) in [6.45, 7) is 2.64. The number of nitrogens with one attached hydrogen (secondary N) is 1. The van der Waals surface area contributed by atoms with Gasteiger partial charge < -0.3 is 20.6 Å². The van der Waals surface area contributed by atoms with E-state index in [9.17, 15) is 28.5 Å². The number of aliphatic hydroxyl groups is 3. The molecule has 0 spiro atoms. The highest BCUT2D eigenvalue weighted by atomic mass is 32.2. The zero-order valence-corrected chi connectivity index (χ0v) is 21.7. The van der Waals surface area contributed by atoms with Crippen molar-refractivity contribution in [1.29, 1.82) is 0 Å². The lowest BCUT2D eigenvalue weighted by atomic mass is 9.43. The number of carbonyl (C=O) groups excluding carboxylic acids is 1. The Hall–Kier alpha value is -0.740. The van der Waals surface area contributed by atoms with Crippen LogP contribution < -0.4 is 5.31 Å². The van der Waals surface area contributed by atoms with Gasteiger partial charge in [-0.2, -0.15) is 8.42 Å². The quantitative estimate of drug-likeness (QED) is 0.324. The molecule has 0 saturated heterocycles. The molecule has 4 aliphatic rings. The van der Waals surface area contributed by atoms with Gasteiger partial charge >= 0.3 is 0 Å². The fourth-order valence-electron chi connectivity index (χ4n) is 8.88. The van der Waals surface area contributed by atoms with Crippen molar-refractivity contribution in [2.24, 2.45) is 46.3 Å². The molecule has 1 amide bonds. The smallest absolute Gasteiger partial charge is 0.266 e. The van der Waals surface area contributed by atoms with Crippen LogP contribution in [-0.4, -0.2) is 64.7 Å². The molecule has 4 aliphatic carbocycles. The summed E-state index contributed by atoms with van der Waals surface area (Å²) in [5, 5.41) is 33.0. The first-order chi connectivity index (χ1) is 18.2. The maximum Gasteiger partial charge on any atom is 0.266 e. The van der Waals surface area contributed by atoms with Crippen LogP contribution in [0.25, 0.3) is 0 Å². The molecule has 0 aromatic rings. The minimum absolute atomic E-state index is 0.00707. The van der Waals surface area contributed by atoms with Crippen LogP contribution in [0.2, 0.25) is 1.41 Å². The third kappa shape index (κ3) is 5.05. The number of rotatable bonds is 7. The molecule has 0 heterocycles. The van der Waals surface area contributed by atoms with Gasteiger partial charge in [-0.1, -0.05) is 20.8 Å². The molecular weight excluding hydrogens is 470 g/mol. The van der Waals surface area contributed by atoms with E-state index in [-0.39, 0.29) is 65.2 Å². The molecule has 5 N–H and O–H groups in total. The SMILES string of the molecule is [2H]N(C(=O)CC[C@@H](C)[C@H]1CCC2[C@H]3[C@H](O)CC4C[C@H](O)CC[C@]4(C)[C@@H]3C[C@H](O)[C@@]21C)C([2H])([2H])C([2H])([2H])S(=O)(=O)O. The lowest BCUT2D eigenvalue weighted by Crippen LogP contribution is -2.62. The van der Waals surface area contributed by atoms with Crippen molar-refractivity contribution in [2.75, 3.05) is 12.2 Å². The van der Waals surface area contributed by atoms with Crippen LogP contribution in [0.4, 0.5) is 0 Å². The van der Waals surface area contributed by atoms with Crippen LogP contribution in [0.15, 0.2) is 0 Å². The van der Waals surface area contributed by atoms with E-state index in [0.717, 1.165) is 25.7 Å². The van der Waals surface area contributed by atoms with Crippen molar-refractivity contribution < 1.29 is 40.0 Å². The Labute approximate surface area is 217 Å². The van der Waals surface area contributed by atoms with Crippen LogP contribution in [-0.2, 0) is 14.9 Å². The fraction of sp³-hybridized carbons (Fsp3) is 0.962. The van der Waals surface area contributed by atoms with Crippen molar-refractivity contribution in [3.8, 4) is 0 Å². The highest BCUT2D eigenvalue weighted by Gasteiger charge is 2.65. The molecule has 202 valence electrons. The molecule has 2 unspecified atom stereocenters. The Kier molecular flexibility index (Phi) is 5.98. The Balaban J connectivity index is 1.48. The second-order valence-corrected chi connectivity index (χ2v) is 13.4. The molecule has 4 rings (SSSR count). The first-order valence-corrected chi connectivity index (χ1v) is 14.5. The summed E-state index contributed by atoms with van der Waals surface area (Å²) in [4.78, 5) is 12.7. The van der Waals surface area contributed by atoms with E-state index in [0.29, 0.717) is 19.3 Å². The molecule has 8 nitrogen and oxygen atoms in total. The van der Waals surface area contributed by atoms with Gasteiger partial charge in [0, 0.05) is 15.7 Å². The molecule has 11 atom stereocenters. The number of carbonyl (C=O) groups is 1. The van der Waals surface area contributed by atoms with Gasteiger partial charge in [-0.3, -0.25) is 9.35 Å². The number of hydrogen-bond acceptors (Lipinski definition) is 6. The molecule has 0 bridgehead atoms. The summed E-state index contributed by atoms with van der Waals surface area (Å²) in [6, 6.07) is 0. The van der Waals surface area contributed by atoms with Gasteiger partial charge in [-0.25, -0.2) is 0 Å². The highest BCUT2D eigenvalue weighted by molar-refractivity contribution is 7.85. The van der Waals surface area contributed by atoms with E-state index in [1.165, 1.54) is 0 Å². The van der Waals surface area contributed by atoms with Crippen molar-refractivity contribution in [3.05, 3.63) is 0 Å². The van der Waals surface area contributed by atoms with E-state index in [1.807, 2.05) is 6.92 Å². The first-order valence-electron chi connectivity index (χ1n) is 15.5. The summed E-state index contributed by atoms with van der Waals surface area (Å²) < 4.78 is 70.1. The summed E-state index contributed by atoms with van der Waals surface area (Å²) in [5.41, 5.74) is -4.46. The normalized spacial score (nSPS) is 49.2. The van der Waals surface area contributed by atoms with E-state index in [1.54, 1.807) is 0 Å². The van der Waals surface area contributed by atoms with Crippen molar-refractivity contribution in [1.82, 2.24) is 5.31 Å². The van der Waals surface area contributed by atoms with Crippen LogP contribution >= 0.6 is 0 Å². The zero-order valence-electron chi connectivity index (χ0n) is 25.9. The Morgan fingerprint density at radius 3 is 2.54 bits per heavy atom. The number of aliphatic hydroxyl groups excluding tert-OH is 3. The summed E-state index contributed by atoms with van der Waals surface area (Å²) in [7, 11) is -5.56. The van der Waals surface area contributed by atoms with Gasteiger partial charge in [0.1, 0.15) is 0 Å². The lowest BCUT2D eigenvalue weighted by molar-refractivity contribution is -0.207. The molecule has 35 heavy (non-hydrogen) atoms. The average Bonchev–Trinajstić information content (AvgIpc) is 3.21. The molecular formula is C26H45NO7S. The maximum atomic E-state index is 12.7. The largest absolute Gasteiger partial charge is 0.393 e.